The molecule has 4 heteroatoms. The van der Waals surface area contributed by atoms with E-state index in [2.05, 4.69) is 41.3 Å². The molecule has 0 unspecified atom stereocenters. The number of aryl methyl sites for hydroxylation is 2. The van der Waals surface area contributed by atoms with E-state index in [1.165, 1.54) is 23.2 Å². The lowest BCUT2D eigenvalue weighted by Gasteiger charge is -2.26. The molecule has 1 amide bonds. The molecule has 4 nitrogen and oxygen atoms in total. The molecule has 2 aromatic rings. The molecule has 0 saturated carbocycles. The highest BCUT2D eigenvalue weighted by Crippen LogP contribution is 2.25. The fraction of sp³-hybridized carbons (Fsp3) is 0.458. The summed E-state index contributed by atoms with van der Waals surface area (Å²) in [5, 5.41) is 0. The minimum Gasteiger partial charge on any atom is -0.378 e. The van der Waals surface area contributed by atoms with Crippen molar-refractivity contribution >= 4 is 11.6 Å². The highest BCUT2D eigenvalue weighted by molar-refractivity contribution is 5.94. The Labute approximate surface area is 168 Å². The Balaban J connectivity index is 1.54. The zero-order valence-corrected chi connectivity index (χ0v) is 17.0. The predicted molar refractivity (Wildman–Crippen MR) is 113 cm³/mol. The normalized spacial score (nSPS) is 18.1. The lowest BCUT2D eigenvalue weighted by Crippen LogP contribution is -2.37. The van der Waals surface area contributed by atoms with Gasteiger partial charge in [-0.15, -0.1) is 0 Å². The summed E-state index contributed by atoms with van der Waals surface area (Å²) >= 11 is 0. The third-order valence-electron chi connectivity index (χ3n) is 5.91. The Hall–Kier alpha value is -2.33. The molecule has 0 spiro atoms. The van der Waals surface area contributed by atoms with E-state index in [-0.39, 0.29) is 12.0 Å². The quantitative estimate of drug-likeness (QED) is 0.760. The highest BCUT2D eigenvalue weighted by atomic mass is 16.5. The summed E-state index contributed by atoms with van der Waals surface area (Å²) in [6, 6.07) is 14.7. The Morgan fingerprint density at radius 2 is 1.82 bits per heavy atom. The molecule has 1 heterocycles. The number of rotatable bonds is 6. The van der Waals surface area contributed by atoms with Gasteiger partial charge in [0.1, 0.15) is 0 Å². The van der Waals surface area contributed by atoms with Gasteiger partial charge in [-0.3, -0.25) is 4.79 Å². The summed E-state index contributed by atoms with van der Waals surface area (Å²) in [5.74, 6) is 0.113. The van der Waals surface area contributed by atoms with Crippen LogP contribution >= 0.6 is 0 Å². The molecule has 1 aliphatic heterocycles. The van der Waals surface area contributed by atoms with Crippen molar-refractivity contribution in [3.8, 4) is 0 Å². The van der Waals surface area contributed by atoms with E-state index < -0.39 is 0 Å². The van der Waals surface area contributed by atoms with Gasteiger partial charge in [-0.05, 0) is 73.1 Å². The number of nitrogens with zero attached hydrogens (tertiary/aromatic N) is 2. The van der Waals surface area contributed by atoms with Crippen LogP contribution in [0, 0.1) is 0 Å². The monoisotopic (exact) mass is 378 g/mol. The summed E-state index contributed by atoms with van der Waals surface area (Å²) in [4.78, 5) is 17.4. The van der Waals surface area contributed by atoms with Crippen molar-refractivity contribution < 1.29 is 9.53 Å². The predicted octanol–water partition coefficient (Wildman–Crippen LogP) is 4.06. The zero-order chi connectivity index (χ0) is 19.5. The van der Waals surface area contributed by atoms with Gasteiger partial charge >= 0.3 is 0 Å². The molecule has 28 heavy (non-hydrogen) atoms. The first-order valence-electron chi connectivity index (χ1n) is 10.4. The summed E-state index contributed by atoms with van der Waals surface area (Å²) in [5.41, 5.74) is 5.88. The van der Waals surface area contributed by atoms with Gasteiger partial charge in [0, 0.05) is 45.0 Å². The zero-order valence-electron chi connectivity index (χ0n) is 17.0. The van der Waals surface area contributed by atoms with Crippen molar-refractivity contribution in [2.24, 2.45) is 0 Å². The fourth-order valence-corrected chi connectivity index (χ4v) is 4.26. The largest absolute Gasteiger partial charge is 0.378 e. The molecule has 0 aromatic heterocycles. The van der Waals surface area contributed by atoms with Gasteiger partial charge < -0.3 is 14.5 Å². The number of fused-ring (bicyclic) bond motifs is 1. The maximum absolute atomic E-state index is 13.4. The number of anilines is 1. The molecule has 2 aromatic carbocycles. The maximum Gasteiger partial charge on any atom is 0.254 e. The van der Waals surface area contributed by atoms with Crippen LogP contribution in [-0.4, -0.2) is 44.2 Å². The van der Waals surface area contributed by atoms with Crippen LogP contribution in [-0.2, 0) is 24.1 Å². The molecule has 1 atom stereocenters. The van der Waals surface area contributed by atoms with Gasteiger partial charge in [0.2, 0.25) is 0 Å². The topological polar surface area (TPSA) is 32.8 Å². The van der Waals surface area contributed by atoms with Crippen LogP contribution in [0.25, 0.3) is 0 Å². The molecular formula is C24H30N2O2. The number of hydrogen-bond donors (Lipinski definition) is 0. The van der Waals surface area contributed by atoms with E-state index in [4.69, 9.17) is 4.74 Å². The van der Waals surface area contributed by atoms with E-state index in [0.29, 0.717) is 13.1 Å². The Morgan fingerprint density at radius 1 is 1.04 bits per heavy atom. The summed E-state index contributed by atoms with van der Waals surface area (Å²) in [7, 11) is 4.08. The number of amides is 1. The third kappa shape index (κ3) is 4.22. The van der Waals surface area contributed by atoms with Gasteiger partial charge in [0.25, 0.3) is 5.91 Å². The SMILES string of the molecule is CN(C)c1ccc(CN(C[C@@H]2CCCO2)C(=O)c2ccc3c(c2)CCC3)cc1. The average molecular weight is 379 g/mol. The number of carbonyl (C=O) groups is 1. The molecule has 148 valence electrons. The van der Waals surface area contributed by atoms with Crippen LogP contribution < -0.4 is 4.90 Å². The van der Waals surface area contributed by atoms with Gasteiger partial charge in [0.05, 0.1) is 6.10 Å². The smallest absolute Gasteiger partial charge is 0.254 e. The second kappa shape index (κ2) is 8.36. The van der Waals surface area contributed by atoms with E-state index >= 15 is 0 Å². The van der Waals surface area contributed by atoms with E-state index in [1.54, 1.807) is 0 Å². The Kier molecular flexibility index (Phi) is 5.67. The second-order valence-corrected chi connectivity index (χ2v) is 8.22. The molecule has 1 aliphatic carbocycles. The van der Waals surface area contributed by atoms with Crippen molar-refractivity contribution in [1.29, 1.82) is 0 Å². The summed E-state index contributed by atoms with van der Waals surface area (Å²) in [6.45, 7) is 2.08. The number of ether oxygens (including phenoxy) is 1. The maximum atomic E-state index is 13.4. The van der Waals surface area contributed by atoms with Crippen LogP contribution in [0.3, 0.4) is 0 Å². The standard InChI is InChI=1S/C24H30N2O2/c1-25(2)22-12-8-18(9-13-22)16-26(17-23-7-4-14-28-23)24(27)21-11-10-19-5-3-6-20(19)15-21/h8-13,15,23H,3-7,14,16-17H2,1-2H3/t23-/m0/s1. The van der Waals surface area contributed by atoms with Crippen molar-refractivity contribution in [3.05, 3.63) is 64.7 Å². The molecule has 4 rings (SSSR count). The third-order valence-corrected chi connectivity index (χ3v) is 5.91. The van der Waals surface area contributed by atoms with Crippen molar-refractivity contribution in [2.75, 3.05) is 32.1 Å². The molecule has 1 fully saturated rings. The molecule has 0 bridgehead atoms. The van der Waals surface area contributed by atoms with Gasteiger partial charge in [-0.2, -0.15) is 0 Å². The van der Waals surface area contributed by atoms with E-state index in [0.717, 1.165) is 43.4 Å². The van der Waals surface area contributed by atoms with Gasteiger partial charge in [0.15, 0.2) is 0 Å². The average Bonchev–Trinajstić information content (AvgIpc) is 3.38. The summed E-state index contributed by atoms with van der Waals surface area (Å²) < 4.78 is 5.83. The van der Waals surface area contributed by atoms with Crippen molar-refractivity contribution in [3.63, 3.8) is 0 Å². The molecule has 1 saturated heterocycles. The minimum atomic E-state index is 0.113. The fourth-order valence-electron chi connectivity index (χ4n) is 4.26. The van der Waals surface area contributed by atoms with Crippen LogP contribution in [0.4, 0.5) is 5.69 Å². The molecule has 2 aliphatic rings. The van der Waals surface area contributed by atoms with Gasteiger partial charge in [-0.1, -0.05) is 18.2 Å². The first kappa shape index (κ1) is 19.0. The molecule has 0 radical (unpaired) electrons. The number of benzene rings is 2. The van der Waals surface area contributed by atoms with Crippen molar-refractivity contribution in [2.45, 2.75) is 44.8 Å². The molecular weight excluding hydrogens is 348 g/mol. The number of carbonyl (C=O) groups excluding carboxylic acids is 1. The Morgan fingerprint density at radius 3 is 2.54 bits per heavy atom. The second-order valence-electron chi connectivity index (χ2n) is 8.22. The Bertz CT molecular complexity index is 823. The first-order valence-corrected chi connectivity index (χ1v) is 10.4. The summed E-state index contributed by atoms with van der Waals surface area (Å²) in [6.07, 6.45) is 5.71. The number of hydrogen-bond acceptors (Lipinski definition) is 3. The van der Waals surface area contributed by atoms with E-state index in [9.17, 15) is 4.79 Å². The minimum absolute atomic E-state index is 0.113. The van der Waals surface area contributed by atoms with Crippen LogP contribution in [0.5, 0.6) is 0 Å². The van der Waals surface area contributed by atoms with Crippen molar-refractivity contribution in [1.82, 2.24) is 4.90 Å². The van der Waals surface area contributed by atoms with Crippen LogP contribution in [0.15, 0.2) is 42.5 Å². The highest BCUT2D eigenvalue weighted by Gasteiger charge is 2.24. The first-order chi connectivity index (χ1) is 13.6. The van der Waals surface area contributed by atoms with Crippen LogP contribution in [0.1, 0.15) is 46.3 Å². The lowest BCUT2D eigenvalue weighted by molar-refractivity contribution is 0.0507. The lowest BCUT2D eigenvalue weighted by atomic mass is 10.0. The van der Waals surface area contributed by atoms with Gasteiger partial charge in [-0.25, -0.2) is 0 Å². The van der Waals surface area contributed by atoms with E-state index in [1.807, 2.05) is 25.1 Å². The molecule has 0 N–H and O–H groups in total. The van der Waals surface area contributed by atoms with Crippen LogP contribution in [0.2, 0.25) is 0 Å².